The first-order chi connectivity index (χ1) is 8.15. The number of thiocarbonyl (C=S) groups is 1. The van der Waals surface area contributed by atoms with Crippen LogP contribution in [0.15, 0.2) is 12.4 Å². The first kappa shape index (κ1) is 11.8. The molecule has 1 amide bonds. The molecule has 1 heterocycles. The minimum Gasteiger partial charge on any atom is -0.392 e. The SMILES string of the molecule is NC(=S)C1(C(=O)Nc2nccnn2)CCCC1. The van der Waals surface area contributed by atoms with E-state index in [4.69, 9.17) is 18.0 Å². The summed E-state index contributed by atoms with van der Waals surface area (Å²) in [6.45, 7) is 0. The van der Waals surface area contributed by atoms with E-state index in [1.165, 1.54) is 12.4 Å². The van der Waals surface area contributed by atoms with Gasteiger partial charge in [0.2, 0.25) is 11.9 Å². The van der Waals surface area contributed by atoms with Crippen molar-refractivity contribution in [2.45, 2.75) is 25.7 Å². The third-order valence-corrected chi connectivity index (χ3v) is 3.46. The molecule has 1 aromatic heterocycles. The quantitative estimate of drug-likeness (QED) is 0.766. The summed E-state index contributed by atoms with van der Waals surface area (Å²) in [5.41, 5.74) is 4.96. The van der Waals surface area contributed by atoms with Crippen LogP contribution in [-0.2, 0) is 4.79 Å². The Morgan fingerprint density at radius 3 is 2.65 bits per heavy atom. The lowest BCUT2D eigenvalue weighted by Crippen LogP contribution is -2.44. The lowest BCUT2D eigenvalue weighted by Gasteiger charge is -2.25. The Kier molecular flexibility index (Phi) is 3.28. The molecule has 0 atom stereocenters. The van der Waals surface area contributed by atoms with Gasteiger partial charge in [-0.1, -0.05) is 25.1 Å². The van der Waals surface area contributed by atoms with Gasteiger partial charge in [-0.25, -0.2) is 4.98 Å². The molecule has 0 unspecified atom stereocenters. The predicted octanol–water partition coefficient (Wildman–Crippen LogP) is 0.657. The molecular formula is C10H13N5OS. The highest BCUT2D eigenvalue weighted by Gasteiger charge is 2.44. The summed E-state index contributed by atoms with van der Waals surface area (Å²) in [4.78, 5) is 16.3. The topological polar surface area (TPSA) is 93.8 Å². The highest BCUT2D eigenvalue weighted by molar-refractivity contribution is 7.80. The Hall–Kier alpha value is -1.63. The van der Waals surface area contributed by atoms with Crippen molar-refractivity contribution in [2.75, 3.05) is 5.32 Å². The zero-order valence-electron chi connectivity index (χ0n) is 9.22. The van der Waals surface area contributed by atoms with Crippen LogP contribution >= 0.6 is 12.2 Å². The Morgan fingerprint density at radius 2 is 2.12 bits per heavy atom. The van der Waals surface area contributed by atoms with Crippen LogP contribution in [0.25, 0.3) is 0 Å². The van der Waals surface area contributed by atoms with E-state index in [1.54, 1.807) is 0 Å². The van der Waals surface area contributed by atoms with Crippen molar-refractivity contribution in [3.05, 3.63) is 12.4 Å². The predicted molar refractivity (Wildman–Crippen MR) is 66.1 cm³/mol. The second-order valence-corrected chi connectivity index (χ2v) is 4.51. The molecule has 0 spiro atoms. The molecule has 0 bridgehead atoms. The average molecular weight is 251 g/mol. The molecule has 17 heavy (non-hydrogen) atoms. The van der Waals surface area contributed by atoms with Gasteiger partial charge in [0.25, 0.3) is 0 Å². The first-order valence-corrected chi connectivity index (χ1v) is 5.81. The molecule has 2 rings (SSSR count). The molecule has 7 heteroatoms. The largest absolute Gasteiger partial charge is 0.392 e. The maximum atomic E-state index is 12.2. The van der Waals surface area contributed by atoms with Gasteiger partial charge in [0.15, 0.2) is 0 Å². The number of hydrogen-bond donors (Lipinski definition) is 2. The number of anilines is 1. The molecule has 0 radical (unpaired) electrons. The molecule has 3 N–H and O–H groups in total. The third-order valence-electron chi connectivity index (χ3n) is 3.07. The van der Waals surface area contributed by atoms with Crippen molar-refractivity contribution < 1.29 is 4.79 Å². The summed E-state index contributed by atoms with van der Waals surface area (Å²) >= 11 is 5.02. The lowest BCUT2D eigenvalue weighted by molar-refractivity contribution is -0.122. The highest BCUT2D eigenvalue weighted by Crippen LogP contribution is 2.39. The number of amides is 1. The van der Waals surface area contributed by atoms with E-state index >= 15 is 0 Å². The number of rotatable bonds is 3. The number of carbonyl (C=O) groups is 1. The smallest absolute Gasteiger partial charge is 0.249 e. The fourth-order valence-electron chi connectivity index (χ4n) is 2.09. The van der Waals surface area contributed by atoms with Gasteiger partial charge >= 0.3 is 0 Å². The molecule has 1 aromatic rings. The summed E-state index contributed by atoms with van der Waals surface area (Å²) in [6.07, 6.45) is 6.19. The van der Waals surface area contributed by atoms with Gasteiger partial charge in [0.1, 0.15) is 0 Å². The summed E-state index contributed by atoms with van der Waals surface area (Å²) < 4.78 is 0. The number of nitrogens with one attached hydrogen (secondary N) is 1. The second kappa shape index (κ2) is 4.70. The fourth-order valence-corrected chi connectivity index (χ4v) is 2.39. The second-order valence-electron chi connectivity index (χ2n) is 4.07. The molecule has 1 aliphatic rings. The van der Waals surface area contributed by atoms with Crippen LogP contribution in [0.3, 0.4) is 0 Å². The van der Waals surface area contributed by atoms with Gasteiger partial charge in [0.05, 0.1) is 22.8 Å². The maximum absolute atomic E-state index is 12.2. The molecule has 90 valence electrons. The van der Waals surface area contributed by atoms with Gasteiger partial charge in [-0.2, -0.15) is 5.10 Å². The van der Waals surface area contributed by atoms with Gasteiger partial charge < -0.3 is 5.73 Å². The van der Waals surface area contributed by atoms with Crippen LogP contribution in [0.1, 0.15) is 25.7 Å². The Labute approximate surface area is 104 Å². The van der Waals surface area contributed by atoms with Crippen LogP contribution in [-0.4, -0.2) is 26.1 Å². The summed E-state index contributed by atoms with van der Waals surface area (Å²) in [6, 6.07) is 0. The average Bonchev–Trinajstić information content (AvgIpc) is 2.80. The minimum absolute atomic E-state index is 0.181. The van der Waals surface area contributed by atoms with Crippen molar-refractivity contribution in [3.63, 3.8) is 0 Å². The number of carbonyl (C=O) groups excluding carboxylic acids is 1. The van der Waals surface area contributed by atoms with Crippen molar-refractivity contribution in [2.24, 2.45) is 11.1 Å². The number of nitrogens with two attached hydrogens (primary N) is 1. The molecule has 6 nitrogen and oxygen atoms in total. The lowest BCUT2D eigenvalue weighted by atomic mass is 9.85. The Balaban J connectivity index is 2.16. The molecular weight excluding hydrogens is 238 g/mol. The van der Waals surface area contributed by atoms with E-state index in [1.807, 2.05) is 0 Å². The van der Waals surface area contributed by atoms with E-state index in [9.17, 15) is 4.79 Å². The molecule has 0 aromatic carbocycles. The molecule has 0 aliphatic heterocycles. The van der Waals surface area contributed by atoms with E-state index < -0.39 is 5.41 Å². The summed E-state index contributed by atoms with van der Waals surface area (Å²) in [7, 11) is 0. The highest BCUT2D eigenvalue weighted by atomic mass is 32.1. The Bertz CT molecular complexity index is 430. The van der Waals surface area contributed by atoms with E-state index in [0.717, 1.165) is 12.8 Å². The Morgan fingerprint density at radius 1 is 1.41 bits per heavy atom. The third kappa shape index (κ3) is 2.23. The first-order valence-electron chi connectivity index (χ1n) is 5.40. The van der Waals surface area contributed by atoms with E-state index in [-0.39, 0.29) is 16.8 Å². The number of hydrogen-bond acceptors (Lipinski definition) is 5. The van der Waals surface area contributed by atoms with Crippen LogP contribution in [0.2, 0.25) is 0 Å². The minimum atomic E-state index is -0.742. The van der Waals surface area contributed by atoms with Gasteiger partial charge in [-0.15, -0.1) is 5.10 Å². The summed E-state index contributed by atoms with van der Waals surface area (Å²) in [5, 5.41) is 9.96. The van der Waals surface area contributed by atoms with Crippen LogP contribution in [0, 0.1) is 5.41 Å². The number of aromatic nitrogens is 3. The van der Waals surface area contributed by atoms with Gasteiger partial charge in [0, 0.05) is 0 Å². The van der Waals surface area contributed by atoms with E-state index in [0.29, 0.717) is 12.8 Å². The zero-order valence-corrected chi connectivity index (χ0v) is 10.0. The zero-order chi connectivity index (χ0) is 12.3. The molecule has 1 aliphatic carbocycles. The fraction of sp³-hybridized carbons (Fsp3) is 0.500. The standard InChI is InChI=1S/C10H13N5OS/c11-7(17)10(3-1-2-4-10)8(16)14-9-12-5-6-13-15-9/h5-6H,1-4H2,(H2,11,17)(H,12,14,15,16). The van der Waals surface area contributed by atoms with Crippen molar-refractivity contribution >= 4 is 29.1 Å². The molecule has 0 saturated heterocycles. The number of nitrogens with zero attached hydrogens (tertiary/aromatic N) is 3. The van der Waals surface area contributed by atoms with Crippen molar-refractivity contribution in [1.29, 1.82) is 0 Å². The normalized spacial score (nSPS) is 17.6. The molecule has 1 fully saturated rings. The van der Waals surface area contributed by atoms with Crippen molar-refractivity contribution in [1.82, 2.24) is 15.2 Å². The monoisotopic (exact) mass is 251 g/mol. The van der Waals surface area contributed by atoms with Crippen LogP contribution in [0.5, 0.6) is 0 Å². The van der Waals surface area contributed by atoms with E-state index in [2.05, 4.69) is 20.5 Å². The van der Waals surface area contributed by atoms with Gasteiger partial charge in [-0.3, -0.25) is 10.1 Å². The van der Waals surface area contributed by atoms with Gasteiger partial charge in [-0.05, 0) is 12.8 Å². The summed E-state index contributed by atoms with van der Waals surface area (Å²) in [5.74, 6) is -0.0458. The van der Waals surface area contributed by atoms with Crippen LogP contribution < -0.4 is 11.1 Å². The van der Waals surface area contributed by atoms with Crippen LogP contribution in [0.4, 0.5) is 5.95 Å². The molecule has 1 saturated carbocycles. The maximum Gasteiger partial charge on any atom is 0.249 e. The van der Waals surface area contributed by atoms with Crippen molar-refractivity contribution in [3.8, 4) is 0 Å².